The molecule has 1 aromatic rings. The zero-order valence-corrected chi connectivity index (χ0v) is 13.3. The maximum atomic E-state index is 12.5. The Kier molecular flexibility index (Phi) is 5.81. The van der Waals surface area contributed by atoms with Crippen LogP contribution in [0.3, 0.4) is 0 Å². The van der Waals surface area contributed by atoms with E-state index in [0.717, 1.165) is 12.8 Å². The summed E-state index contributed by atoms with van der Waals surface area (Å²) in [5.41, 5.74) is 0. The monoisotopic (exact) mass is 304 g/mol. The van der Waals surface area contributed by atoms with Crippen molar-refractivity contribution >= 4 is 11.8 Å². The van der Waals surface area contributed by atoms with Crippen molar-refractivity contribution in [1.29, 1.82) is 0 Å². The number of carbonyl (C=O) groups excluding carboxylic acids is 2. The topological polar surface area (TPSA) is 49.9 Å². The number of ether oxygens (including phenoxy) is 1. The summed E-state index contributed by atoms with van der Waals surface area (Å²) in [6.07, 6.45) is 1.61. The van der Waals surface area contributed by atoms with Gasteiger partial charge >= 0.3 is 0 Å². The molecule has 1 heterocycles. The Morgan fingerprint density at radius 3 is 2.55 bits per heavy atom. The molecule has 22 heavy (non-hydrogen) atoms. The van der Waals surface area contributed by atoms with Crippen LogP contribution in [0.5, 0.6) is 5.75 Å². The molecule has 2 rings (SSSR count). The molecule has 5 nitrogen and oxygen atoms in total. The normalized spacial score (nSPS) is 17.4. The Morgan fingerprint density at radius 2 is 1.91 bits per heavy atom. The highest BCUT2D eigenvalue weighted by Crippen LogP contribution is 2.20. The molecule has 1 saturated heterocycles. The number of hydrogen-bond acceptors (Lipinski definition) is 3. The quantitative estimate of drug-likeness (QED) is 0.807. The van der Waals surface area contributed by atoms with Crippen LogP contribution in [-0.2, 0) is 9.59 Å². The maximum Gasteiger partial charge on any atom is 0.261 e. The first-order valence-electron chi connectivity index (χ1n) is 7.93. The van der Waals surface area contributed by atoms with Crippen LogP contribution in [0.2, 0.25) is 0 Å². The molecule has 1 fully saturated rings. The molecule has 0 N–H and O–H groups in total. The number of hydrogen-bond donors (Lipinski definition) is 0. The van der Waals surface area contributed by atoms with E-state index >= 15 is 0 Å². The van der Waals surface area contributed by atoms with Gasteiger partial charge in [-0.1, -0.05) is 18.2 Å². The van der Waals surface area contributed by atoms with Gasteiger partial charge < -0.3 is 14.5 Å². The first-order valence-corrected chi connectivity index (χ1v) is 7.93. The van der Waals surface area contributed by atoms with Crippen LogP contribution in [-0.4, -0.2) is 53.9 Å². The lowest BCUT2D eigenvalue weighted by molar-refractivity contribution is -0.144. The first-order chi connectivity index (χ1) is 10.7. The van der Waals surface area contributed by atoms with Crippen molar-refractivity contribution in [2.75, 3.05) is 26.2 Å². The van der Waals surface area contributed by atoms with E-state index in [-0.39, 0.29) is 24.5 Å². The standard InChI is InChI=1S/C17H24N2O3/c1-3-18(4-2)17(21)15-11-8-12-19(15)16(20)13-22-14-9-6-5-7-10-14/h5-7,9-10,15H,3-4,8,11-13H2,1-2H3/t15-/m1/s1. The highest BCUT2D eigenvalue weighted by Gasteiger charge is 2.35. The van der Waals surface area contributed by atoms with Crippen LogP contribution >= 0.6 is 0 Å². The van der Waals surface area contributed by atoms with E-state index in [0.29, 0.717) is 25.4 Å². The average Bonchev–Trinajstić information content (AvgIpc) is 3.04. The predicted molar refractivity (Wildman–Crippen MR) is 84.6 cm³/mol. The molecular formula is C17H24N2O3. The fourth-order valence-electron chi connectivity index (χ4n) is 2.81. The Hall–Kier alpha value is -2.04. The summed E-state index contributed by atoms with van der Waals surface area (Å²) in [5.74, 6) is 0.601. The van der Waals surface area contributed by atoms with Gasteiger partial charge in [-0.15, -0.1) is 0 Å². The third kappa shape index (κ3) is 3.78. The SMILES string of the molecule is CCN(CC)C(=O)[C@H]1CCCN1C(=O)COc1ccccc1. The van der Waals surface area contributed by atoms with Crippen LogP contribution < -0.4 is 4.74 Å². The van der Waals surface area contributed by atoms with Gasteiger partial charge in [-0.05, 0) is 38.8 Å². The van der Waals surface area contributed by atoms with Crippen molar-refractivity contribution in [3.63, 3.8) is 0 Å². The summed E-state index contributed by atoms with van der Waals surface area (Å²) in [6, 6.07) is 8.93. The molecule has 0 bridgehead atoms. The van der Waals surface area contributed by atoms with Gasteiger partial charge in [-0.2, -0.15) is 0 Å². The first kappa shape index (κ1) is 16.3. The van der Waals surface area contributed by atoms with E-state index in [2.05, 4.69) is 0 Å². The summed E-state index contributed by atoms with van der Waals surface area (Å²) in [4.78, 5) is 28.3. The van der Waals surface area contributed by atoms with Crippen molar-refractivity contribution in [3.8, 4) is 5.75 Å². The van der Waals surface area contributed by atoms with Crippen molar-refractivity contribution in [2.24, 2.45) is 0 Å². The fourth-order valence-corrected chi connectivity index (χ4v) is 2.81. The number of carbonyl (C=O) groups is 2. The minimum absolute atomic E-state index is 0.0218. The second-order valence-corrected chi connectivity index (χ2v) is 5.36. The van der Waals surface area contributed by atoms with E-state index in [1.54, 1.807) is 9.80 Å². The third-order valence-corrected chi connectivity index (χ3v) is 4.04. The van der Waals surface area contributed by atoms with Crippen molar-refractivity contribution in [2.45, 2.75) is 32.7 Å². The number of rotatable bonds is 6. The third-order valence-electron chi connectivity index (χ3n) is 4.04. The molecule has 0 aliphatic carbocycles. The van der Waals surface area contributed by atoms with Gasteiger partial charge in [0.1, 0.15) is 11.8 Å². The summed E-state index contributed by atoms with van der Waals surface area (Å²) >= 11 is 0. The van der Waals surface area contributed by atoms with Crippen molar-refractivity contribution < 1.29 is 14.3 Å². The second-order valence-electron chi connectivity index (χ2n) is 5.36. The summed E-state index contributed by atoms with van der Waals surface area (Å²) < 4.78 is 5.51. The molecule has 1 atom stereocenters. The van der Waals surface area contributed by atoms with Crippen molar-refractivity contribution in [3.05, 3.63) is 30.3 Å². The minimum Gasteiger partial charge on any atom is -0.484 e. The van der Waals surface area contributed by atoms with Gasteiger partial charge in [-0.25, -0.2) is 0 Å². The zero-order chi connectivity index (χ0) is 15.9. The highest BCUT2D eigenvalue weighted by molar-refractivity contribution is 5.88. The van der Waals surface area contributed by atoms with E-state index < -0.39 is 0 Å². The number of likely N-dealkylation sites (tertiary alicyclic amines) is 1. The second kappa shape index (κ2) is 7.82. The maximum absolute atomic E-state index is 12.5. The van der Waals surface area contributed by atoms with Crippen LogP contribution in [0.4, 0.5) is 0 Å². The summed E-state index contributed by atoms with van der Waals surface area (Å²) in [5, 5.41) is 0. The minimum atomic E-state index is -0.327. The largest absolute Gasteiger partial charge is 0.484 e. The number of para-hydroxylation sites is 1. The molecule has 0 unspecified atom stereocenters. The Bertz CT molecular complexity index is 500. The lowest BCUT2D eigenvalue weighted by Crippen LogP contribution is -2.48. The number of likely N-dealkylation sites (N-methyl/N-ethyl adjacent to an activating group) is 1. The number of amides is 2. The average molecular weight is 304 g/mol. The van der Waals surface area contributed by atoms with Crippen LogP contribution in [0, 0.1) is 0 Å². The summed E-state index contributed by atoms with van der Waals surface area (Å²) in [7, 11) is 0. The van der Waals surface area contributed by atoms with Gasteiger partial charge in [0.05, 0.1) is 0 Å². The molecule has 0 saturated carbocycles. The van der Waals surface area contributed by atoms with E-state index in [9.17, 15) is 9.59 Å². The van der Waals surface area contributed by atoms with E-state index in [1.165, 1.54) is 0 Å². The highest BCUT2D eigenvalue weighted by atomic mass is 16.5. The Morgan fingerprint density at radius 1 is 1.23 bits per heavy atom. The van der Waals surface area contributed by atoms with Crippen LogP contribution in [0.25, 0.3) is 0 Å². The van der Waals surface area contributed by atoms with Gasteiger partial charge in [-0.3, -0.25) is 9.59 Å². The van der Waals surface area contributed by atoms with Gasteiger partial charge in [0.25, 0.3) is 5.91 Å². The molecule has 1 aliphatic heterocycles. The lowest BCUT2D eigenvalue weighted by Gasteiger charge is -2.29. The molecule has 5 heteroatoms. The Labute approximate surface area is 131 Å². The molecular weight excluding hydrogens is 280 g/mol. The van der Waals surface area contributed by atoms with E-state index in [1.807, 2.05) is 44.2 Å². The van der Waals surface area contributed by atoms with Crippen LogP contribution in [0.1, 0.15) is 26.7 Å². The molecule has 2 amide bonds. The number of nitrogens with zero attached hydrogens (tertiary/aromatic N) is 2. The van der Waals surface area contributed by atoms with Gasteiger partial charge in [0, 0.05) is 19.6 Å². The molecule has 120 valence electrons. The van der Waals surface area contributed by atoms with Crippen LogP contribution in [0.15, 0.2) is 30.3 Å². The smallest absolute Gasteiger partial charge is 0.261 e. The zero-order valence-electron chi connectivity index (χ0n) is 13.3. The molecule has 0 aromatic heterocycles. The van der Waals surface area contributed by atoms with Gasteiger partial charge in [0.2, 0.25) is 5.91 Å². The lowest BCUT2D eigenvalue weighted by atomic mass is 10.2. The van der Waals surface area contributed by atoms with E-state index in [4.69, 9.17) is 4.74 Å². The van der Waals surface area contributed by atoms with Gasteiger partial charge in [0.15, 0.2) is 6.61 Å². The molecule has 1 aliphatic rings. The molecule has 1 aromatic carbocycles. The summed E-state index contributed by atoms with van der Waals surface area (Å²) in [6.45, 7) is 5.88. The Balaban J connectivity index is 1.94. The molecule has 0 radical (unpaired) electrons. The van der Waals surface area contributed by atoms with Crippen molar-refractivity contribution in [1.82, 2.24) is 9.80 Å². The predicted octanol–water partition coefficient (Wildman–Crippen LogP) is 1.92. The molecule has 0 spiro atoms. The fraction of sp³-hybridized carbons (Fsp3) is 0.529. The number of benzene rings is 1.